The third-order valence-electron chi connectivity index (χ3n) is 2.99. The molecule has 1 fully saturated rings. The Morgan fingerprint density at radius 3 is 2.82 bits per heavy atom. The first-order chi connectivity index (χ1) is 8.15. The standard InChI is InChI=1S/C12H21NO4/c1-2-3-8-17-11(14)9-13-7-5-4-6-10(13)12(15)16/h10H,2-9H2,1H3,(H,15,16). The molecule has 0 radical (unpaired) electrons. The van der Waals surface area contributed by atoms with Gasteiger partial charge in [-0.05, 0) is 25.8 Å². The number of carbonyl (C=O) groups excluding carboxylic acids is 1. The highest BCUT2D eigenvalue weighted by molar-refractivity contribution is 5.76. The molecular formula is C12H21NO4. The van der Waals surface area contributed by atoms with Crippen molar-refractivity contribution in [1.29, 1.82) is 0 Å². The first kappa shape index (κ1) is 14.0. The lowest BCUT2D eigenvalue weighted by Crippen LogP contribution is -2.47. The number of aliphatic carboxylic acids is 1. The predicted molar refractivity (Wildman–Crippen MR) is 62.7 cm³/mol. The van der Waals surface area contributed by atoms with Gasteiger partial charge in [-0.15, -0.1) is 0 Å². The molecule has 5 heteroatoms. The van der Waals surface area contributed by atoms with E-state index >= 15 is 0 Å². The van der Waals surface area contributed by atoms with Gasteiger partial charge >= 0.3 is 11.9 Å². The Morgan fingerprint density at radius 2 is 2.18 bits per heavy atom. The lowest BCUT2D eigenvalue weighted by Gasteiger charge is -2.31. The molecule has 1 N–H and O–H groups in total. The van der Waals surface area contributed by atoms with Crippen LogP contribution in [0.25, 0.3) is 0 Å². The molecule has 0 aromatic heterocycles. The number of carboxylic acid groups (broad SMARTS) is 1. The smallest absolute Gasteiger partial charge is 0.320 e. The van der Waals surface area contributed by atoms with E-state index in [1.54, 1.807) is 4.90 Å². The number of hydrogen-bond acceptors (Lipinski definition) is 4. The van der Waals surface area contributed by atoms with Gasteiger partial charge in [0, 0.05) is 0 Å². The number of carboxylic acids is 1. The van der Waals surface area contributed by atoms with E-state index in [1.165, 1.54) is 0 Å². The number of hydrogen-bond donors (Lipinski definition) is 1. The molecule has 0 aliphatic carbocycles. The molecule has 0 aromatic carbocycles. The molecular weight excluding hydrogens is 222 g/mol. The lowest BCUT2D eigenvalue weighted by atomic mass is 10.0. The molecule has 0 bridgehead atoms. The van der Waals surface area contributed by atoms with Gasteiger partial charge < -0.3 is 9.84 Å². The van der Waals surface area contributed by atoms with Gasteiger partial charge in [0.05, 0.1) is 13.2 Å². The minimum Gasteiger partial charge on any atom is -0.480 e. The van der Waals surface area contributed by atoms with Crippen molar-refractivity contribution in [3.8, 4) is 0 Å². The van der Waals surface area contributed by atoms with E-state index in [2.05, 4.69) is 0 Å². The SMILES string of the molecule is CCCCOC(=O)CN1CCCCC1C(=O)O. The Bertz CT molecular complexity index is 267. The fourth-order valence-corrected chi connectivity index (χ4v) is 2.00. The highest BCUT2D eigenvalue weighted by Gasteiger charge is 2.29. The quantitative estimate of drug-likeness (QED) is 0.562. The van der Waals surface area contributed by atoms with E-state index in [-0.39, 0.29) is 12.5 Å². The molecule has 0 saturated carbocycles. The molecule has 1 aliphatic heterocycles. The number of unbranched alkanes of at least 4 members (excludes halogenated alkanes) is 1. The van der Waals surface area contributed by atoms with Crippen molar-refractivity contribution >= 4 is 11.9 Å². The summed E-state index contributed by atoms with van der Waals surface area (Å²) >= 11 is 0. The van der Waals surface area contributed by atoms with Gasteiger partial charge in [0.25, 0.3) is 0 Å². The molecule has 98 valence electrons. The number of nitrogens with zero attached hydrogens (tertiary/aromatic N) is 1. The summed E-state index contributed by atoms with van der Waals surface area (Å²) in [5.74, 6) is -1.15. The van der Waals surface area contributed by atoms with Crippen molar-refractivity contribution in [3.63, 3.8) is 0 Å². The Labute approximate surface area is 102 Å². The van der Waals surface area contributed by atoms with Crippen LogP contribution in [-0.4, -0.2) is 47.7 Å². The van der Waals surface area contributed by atoms with Crippen molar-refractivity contribution in [1.82, 2.24) is 4.90 Å². The topological polar surface area (TPSA) is 66.8 Å². The Balaban J connectivity index is 2.36. The summed E-state index contributed by atoms with van der Waals surface area (Å²) in [7, 11) is 0. The maximum atomic E-state index is 11.5. The fraction of sp³-hybridized carbons (Fsp3) is 0.833. The van der Waals surface area contributed by atoms with Gasteiger partial charge in [-0.1, -0.05) is 19.8 Å². The second-order valence-electron chi connectivity index (χ2n) is 4.39. The number of likely N-dealkylation sites (tertiary alicyclic amines) is 1. The van der Waals surface area contributed by atoms with Gasteiger partial charge in [-0.3, -0.25) is 14.5 Å². The fourth-order valence-electron chi connectivity index (χ4n) is 2.00. The molecule has 0 spiro atoms. The van der Waals surface area contributed by atoms with Crippen LogP contribution in [0.3, 0.4) is 0 Å². The van der Waals surface area contributed by atoms with E-state index < -0.39 is 12.0 Å². The van der Waals surface area contributed by atoms with Crippen LogP contribution in [0.1, 0.15) is 39.0 Å². The lowest BCUT2D eigenvalue weighted by molar-refractivity contribution is -0.150. The van der Waals surface area contributed by atoms with E-state index in [9.17, 15) is 9.59 Å². The Kier molecular flexibility index (Phi) is 5.97. The molecule has 1 saturated heterocycles. The Morgan fingerprint density at radius 1 is 1.41 bits per heavy atom. The molecule has 17 heavy (non-hydrogen) atoms. The minimum absolute atomic E-state index is 0.0979. The summed E-state index contributed by atoms with van der Waals surface area (Å²) < 4.78 is 5.04. The van der Waals surface area contributed by atoms with Gasteiger partial charge in [0.15, 0.2) is 0 Å². The molecule has 5 nitrogen and oxygen atoms in total. The van der Waals surface area contributed by atoms with Gasteiger partial charge in [-0.2, -0.15) is 0 Å². The van der Waals surface area contributed by atoms with Crippen LogP contribution < -0.4 is 0 Å². The van der Waals surface area contributed by atoms with Crippen LogP contribution in [0.2, 0.25) is 0 Å². The van der Waals surface area contributed by atoms with E-state index in [0.717, 1.165) is 25.7 Å². The summed E-state index contributed by atoms with van der Waals surface area (Å²) in [6.07, 6.45) is 4.32. The molecule has 0 aromatic rings. The van der Waals surface area contributed by atoms with E-state index in [0.29, 0.717) is 19.6 Å². The third kappa shape index (κ3) is 4.73. The summed E-state index contributed by atoms with van der Waals surface area (Å²) in [5, 5.41) is 9.04. The van der Waals surface area contributed by atoms with Crippen LogP contribution in [0.4, 0.5) is 0 Å². The predicted octanol–water partition coefficient (Wildman–Crippen LogP) is 1.27. The molecule has 1 unspecified atom stereocenters. The van der Waals surface area contributed by atoms with Gasteiger partial charge in [-0.25, -0.2) is 0 Å². The molecule has 1 heterocycles. The van der Waals surface area contributed by atoms with Crippen molar-refractivity contribution in [2.24, 2.45) is 0 Å². The Hall–Kier alpha value is -1.10. The summed E-state index contributed by atoms with van der Waals surface area (Å²) in [6.45, 7) is 3.22. The number of rotatable bonds is 6. The van der Waals surface area contributed by atoms with Crippen LogP contribution in [0, 0.1) is 0 Å². The average Bonchev–Trinajstić information content (AvgIpc) is 2.29. The minimum atomic E-state index is -0.842. The maximum absolute atomic E-state index is 11.5. The van der Waals surface area contributed by atoms with Crippen LogP contribution in [0.15, 0.2) is 0 Å². The van der Waals surface area contributed by atoms with E-state index in [4.69, 9.17) is 9.84 Å². The summed E-state index contributed by atoms with van der Waals surface area (Å²) in [6, 6.07) is -0.525. The van der Waals surface area contributed by atoms with Crippen molar-refractivity contribution in [2.75, 3.05) is 19.7 Å². The van der Waals surface area contributed by atoms with Crippen molar-refractivity contribution in [2.45, 2.75) is 45.1 Å². The number of esters is 1. The van der Waals surface area contributed by atoms with Crippen LogP contribution in [-0.2, 0) is 14.3 Å². The van der Waals surface area contributed by atoms with E-state index in [1.807, 2.05) is 6.92 Å². The summed E-state index contributed by atoms with van der Waals surface area (Å²) in [4.78, 5) is 24.2. The van der Waals surface area contributed by atoms with Crippen molar-refractivity contribution < 1.29 is 19.4 Å². The number of ether oxygens (including phenoxy) is 1. The van der Waals surface area contributed by atoms with Gasteiger partial charge in [0.2, 0.25) is 0 Å². The molecule has 1 rings (SSSR count). The first-order valence-corrected chi connectivity index (χ1v) is 6.27. The normalized spacial score (nSPS) is 21.1. The second-order valence-corrected chi connectivity index (χ2v) is 4.39. The highest BCUT2D eigenvalue weighted by Crippen LogP contribution is 2.16. The first-order valence-electron chi connectivity index (χ1n) is 6.27. The zero-order chi connectivity index (χ0) is 12.7. The zero-order valence-electron chi connectivity index (χ0n) is 10.4. The van der Waals surface area contributed by atoms with Gasteiger partial charge in [0.1, 0.15) is 6.04 Å². The maximum Gasteiger partial charge on any atom is 0.320 e. The second kappa shape index (κ2) is 7.27. The molecule has 0 amide bonds. The van der Waals surface area contributed by atoms with Crippen LogP contribution in [0.5, 0.6) is 0 Å². The molecule has 1 aliphatic rings. The highest BCUT2D eigenvalue weighted by atomic mass is 16.5. The zero-order valence-corrected chi connectivity index (χ0v) is 10.4. The largest absolute Gasteiger partial charge is 0.480 e. The third-order valence-corrected chi connectivity index (χ3v) is 2.99. The summed E-state index contributed by atoms with van der Waals surface area (Å²) in [5.41, 5.74) is 0. The van der Waals surface area contributed by atoms with Crippen LogP contribution >= 0.6 is 0 Å². The van der Waals surface area contributed by atoms with Crippen molar-refractivity contribution in [3.05, 3.63) is 0 Å². The molecule has 1 atom stereocenters. The number of carbonyl (C=O) groups is 2. The monoisotopic (exact) mass is 243 g/mol. The number of piperidine rings is 1. The average molecular weight is 243 g/mol.